The molecule has 2 heterocycles. The van der Waals surface area contributed by atoms with Crippen molar-refractivity contribution < 1.29 is 14.3 Å². The number of esters is 1. The topological polar surface area (TPSA) is 71.5 Å². The molecule has 0 radical (unpaired) electrons. The normalized spacial score (nSPS) is 18.7. The van der Waals surface area contributed by atoms with Gasteiger partial charge in [0.2, 0.25) is 5.91 Å². The first-order valence-corrected chi connectivity index (χ1v) is 5.76. The van der Waals surface area contributed by atoms with E-state index >= 15 is 0 Å². The van der Waals surface area contributed by atoms with E-state index in [1.807, 2.05) is 0 Å². The summed E-state index contributed by atoms with van der Waals surface area (Å²) in [6, 6.07) is 0.693. The van der Waals surface area contributed by atoms with E-state index in [-0.39, 0.29) is 23.2 Å². The van der Waals surface area contributed by atoms with Gasteiger partial charge >= 0.3 is 5.97 Å². The minimum absolute atomic E-state index is 0.00664. The summed E-state index contributed by atoms with van der Waals surface area (Å²) in [4.78, 5) is 26.9. The summed E-state index contributed by atoms with van der Waals surface area (Å²) in [5, 5.41) is 1.88. The quantitative estimate of drug-likeness (QED) is 0.828. The maximum atomic E-state index is 11.6. The Hall–Kier alpha value is -1.53. The van der Waals surface area contributed by atoms with Crippen molar-refractivity contribution in [2.75, 3.05) is 12.1 Å². The number of hydrogen-bond acceptors (Lipinski definition) is 5. The number of ether oxygens (including phenoxy) is 1. The number of methoxy groups -OCH3 is 1. The highest BCUT2D eigenvalue weighted by Gasteiger charge is 2.38. The molecule has 8 heteroatoms. The zero-order chi connectivity index (χ0) is 13.3. The number of hydrogen-bond donors (Lipinski definition) is 1. The zero-order valence-electron chi connectivity index (χ0n) is 9.31. The number of nitrogens with zero attached hydrogens (tertiary/aromatic N) is 2. The van der Waals surface area contributed by atoms with Gasteiger partial charge in [0.25, 0.3) is 0 Å². The second-order valence-corrected chi connectivity index (χ2v) is 4.45. The summed E-state index contributed by atoms with van der Waals surface area (Å²) >= 11 is 11.7. The molecular formula is C10H9Cl2N3O3. The summed E-state index contributed by atoms with van der Waals surface area (Å²) in [7, 11) is 1.25. The van der Waals surface area contributed by atoms with Crippen molar-refractivity contribution in [1.82, 2.24) is 10.4 Å². The molecule has 1 saturated heterocycles. The van der Waals surface area contributed by atoms with Gasteiger partial charge < -0.3 is 4.74 Å². The number of anilines is 1. The Bertz CT molecular complexity index is 509. The van der Waals surface area contributed by atoms with Gasteiger partial charge in [0.05, 0.1) is 23.6 Å². The summed E-state index contributed by atoms with van der Waals surface area (Å²) in [6.07, 6.45) is 1.37. The third-order valence-corrected chi connectivity index (χ3v) is 2.91. The second kappa shape index (κ2) is 4.99. The van der Waals surface area contributed by atoms with Crippen molar-refractivity contribution in [2.24, 2.45) is 0 Å². The zero-order valence-corrected chi connectivity index (χ0v) is 10.8. The fourth-order valence-electron chi connectivity index (χ4n) is 1.63. The monoisotopic (exact) mass is 289 g/mol. The van der Waals surface area contributed by atoms with E-state index in [4.69, 9.17) is 23.2 Å². The molecule has 0 saturated carbocycles. The molecule has 96 valence electrons. The first kappa shape index (κ1) is 12.9. The molecule has 18 heavy (non-hydrogen) atoms. The molecule has 1 aliphatic rings. The minimum Gasteiger partial charge on any atom is -0.467 e. The third-order valence-electron chi connectivity index (χ3n) is 2.43. The smallest absolute Gasteiger partial charge is 0.331 e. The molecule has 1 atom stereocenters. The van der Waals surface area contributed by atoms with Crippen molar-refractivity contribution in [3.63, 3.8) is 0 Å². The summed E-state index contributed by atoms with van der Waals surface area (Å²) in [5.74, 6) is -0.596. The summed E-state index contributed by atoms with van der Waals surface area (Å²) < 4.78 is 4.63. The third kappa shape index (κ3) is 2.34. The highest BCUT2D eigenvalue weighted by molar-refractivity contribution is 6.36. The molecule has 0 aromatic carbocycles. The Morgan fingerprint density at radius 1 is 1.61 bits per heavy atom. The standard InChI is InChI=1S/C10H9Cl2N3O3/c1-18-10(17)7-3-8(16)14-15(7)9-6(12)2-5(11)4-13-9/h2,4,7H,3H2,1H3,(H,14,16). The lowest BCUT2D eigenvalue weighted by Gasteiger charge is -2.23. The van der Waals surface area contributed by atoms with Crippen LogP contribution in [0.4, 0.5) is 5.82 Å². The van der Waals surface area contributed by atoms with E-state index in [0.717, 1.165) is 0 Å². The molecule has 0 aliphatic carbocycles. The number of hydrazine groups is 1. The van der Waals surface area contributed by atoms with Crippen molar-refractivity contribution in [2.45, 2.75) is 12.5 Å². The van der Waals surface area contributed by atoms with Gasteiger partial charge in [-0.1, -0.05) is 23.2 Å². The maximum Gasteiger partial charge on any atom is 0.331 e. The highest BCUT2D eigenvalue weighted by atomic mass is 35.5. The minimum atomic E-state index is -0.784. The van der Waals surface area contributed by atoms with Gasteiger partial charge in [0.1, 0.15) is 0 Å². The molecular weight excluding hydrogens is 281 g/mol. The number of nitrogens with one attached hydrogen (secondary N) is 1. The van der Waals surface area contributed by atoms with Crippen LogP contribution in [0.1, 0.15) is 6.42 Å². The Morgan fingerprint density at radius 2 is 2.33 bits per heavy atom. The first-order chi connectivity index (χ1) is 8.52. The number of carbonyl (C=O) groups excluding carboxylic acids is 2. The summed E-state index contributed by atoms with van der Waals surface area (Å²) in [6.45, 7) is 0. The molecule has 1 amide bonds. The van der Waals surface area contributed by atoms with Gasteiger partial charge in [0, 0.05) is 6.20 Å². The van der Waals surface area contributed by atoms with Crippen molar-refractivity contribution in [3.8, 4) is 0 Å². The van der Waals surface area contributed by atoms with Crippen LogP contribution in [0.2, 0.25) is 10.0 Å². The molecule has 6 nitrogen and oxygen atoms in total. The molecule has 0 bridgehead atoms. The van der Waals surface area contributed by atoms with Gasteiger partial charge in [0.15, 0.2) is 11.9 Å². The molecule has 1 fully saturated rings. The first-order valence-electron chi connectivity index (χ1n) is 5.00. The van der Waals surface area contributed by atoms with E-state index in [0.29, 0.717) is 5.02 Å². The Labute approximate surface area is 113 Å². The average Bonchev–Trinajstić information content (AvgIpc) is 2.70. The molecule has 1 aromatic heterocycles. The number of carbonyl (C=O) groups is 2. The van der Waals surface area contributed by atoms with E-state index < -0.39 is 12.0 Å². The van der Waals surface area contributed by atoms with E-state index in [2.05, 4.69) is 15.1 Å². The number of aromatic nitrogens is 1. The van der Waals surface area contributed by atoms with Gasteiger partial charge in [-0.3, -0.25) is 15.2 Å². The number of halogens is 2. The molecule has 1 unspecified atom stereocenters. The van der Waals surface area contributed by atoms with E-state index in [1.165, 1.54) is 24.4 Å². The molecule has 1 aromatic rings. The predicted molar refractivity (Wildman–Crippen MR) is 65.3 cm³/mol. The second-order valence-electron chi connectivity index (χ2n) is 3.61. The maximum absolute atomic E-state index is 11.6. The summed E-state index contributed by atoms with van der Waals surface area (Å²) in [5.41, 5.74) is 2.50. The van der Waals surface area contributed by atoms with Crippen molar-refractivity contribution >= 4 is 40.9 Å². The van der Waals surface area contributed by atoms with Gasteiger partial charge in [-0.25, -0.2) is 9.78 Å². The molecule has 1 aliphatic heterocycles. The van der Waals surface area contributed by atoms with Crippen molar-refractivity contribution in [1.29, 1.82) is 0 Å². The number of rotatable bonds is 2. The fourth-order valence-corrected chi connectivity index (χ4v) is 2.11. The van der Waals surface area contributed by atoms with Gasteiger partial charge in [-0.05, 0) is 6.07 Å². The van der Waals surface area contributed by atoms with Crippen LogP contribution >= 0.6 is 23.2 Å². The van der Waals surface area contributed by atoms with Crippen LogP contribution in [0.15, 0.2) is 12.3 Å². The lowest BCUT2D eigenvalue weighted by Crippen LogP contribution is -2.43. The van der Waals surface area contributed by atoms with Crippen LogP contribution in [0.25, 0.3) is 0 Å². The largest absolute Gasteiger partial charge is 0.467 e. The number of pyridine rings is 1. The predicted octanol–water partition coefficient (Wildman–Crippen LogP) is 1.17. The number of amides is 1. The fraction of sp³-hybridized carbons (Fsp3) is 0.300. The van der Waals surface area contributed by atoms with Gasteiger partial charge in [-0.15, -0.1) is 0 Å². The van der Waals surface area contributed by atoms with Crippen LogP contribution in [0.3, 0.4) is 0 Å². The van der Waals surface area contributed by atoms with E-state index in [9.17, 15) is 9.59 Å². The van der Waals surface area contributed by atoms with Crippen LogP contribution < -0.4 is 10.4 Å². The Kier molecular flexibility index (Phi) is 3.58. The Balaban J connectivity index is 2.35. The van der Waals surface area contributed by atoms with Crippen LogP contribution in [0.5, 0.6) is 0 Å². The SMILES string of the molecule is COC(=O)C1CC(=O)NN1c1ncc(Cl)cc1Cl. The highest BCUT2D eigenvalue weighted by Crippen LogP contribution is 2.29. The lowest BCUT2D eigenvalue weighted by atomic mass is 10.2. The van der Waals surface area contributed by atoms with Crippen LogP contribution in [-0.4, -0.2) is 30.0 Å². The van der Waals surface area contributed by atoms with Crippen molar-refractivity contribution in [3.05, 3.63) is 22.3 Å². The molecule has 0 spiro atoms. The molecule has 1 N–H and O–H groups in total. The Morgan fingerprint density at radius 3 is 2.94 bits per heavy atom. The lowest BCUT2D eigenvalue weighted by molar-refractivity contribution is -0.142. The average molecular weight is 290 g/mol. The molecule has 2 rings (SSSR count). The van der Waals surface area contributed by atoms with Crippen LogP contribution in [-0.2, 0) is 14.3 Å². The van der Waals surface area contributed by atoms with E-state index in [1.54, 1.807) is 0 Å². The van der Waals surface area contributed by atoms with Gasteiger partial charge in [-0.2, -0.15) is 0 Å². The van der Waals surface area contributed by atoms with Crippen LogP contribution in [0, 0.1) is 0 Å².